The van der Waals surface area contributed by atoms with Gasteiger partial charge in [0.2, 0.25) is 0 Å². The van der Waals surface area contributed by atoms with E-state index in [1.165, 1.54) is 34.5 Å². The molecule has 3 N–H and O–H groups in total. The van der Waals surface area contributed by atoms with Crippen molar-refractivity contribution in [2.75, 3.05) is 32.9 Å². The summed E-state index contributed by atoms with van der Waals surface area (Å²) in [5, 5.41) is 22.6. The van der Waals surface area contributed by atoms with E-state index in [0.717, 1.165) is 10.9 Å². The van der Waals surface area contributed by atoms with Crippen LogP contribution in [-0.4, -0.2) is 95.8 Å². The highest BCUT2D eigenvalue weighted by Crippen LogP contribution is 2.48. The Bertz CT molecular complexity index is 4010. The minimum absolute atomic E-state index is 0.0210. The highest BCUT2D eigenvalue weighted by molar-refractivity contribution is 5.73. The molecule has 2 amide bonds. The first-order chi connectivity index (χ1) is 45.4. The Morgan fingerprint density at radius 1 is 0.521 bits per heavy atom. The van der Waals surface area contributed by atoms with Crippen LogP contribution in [0, 0.1) is 0 Å². The standard InChI is InChI=1S/C33H32F6N4O5.C33H30F6N4O5/c2*1-22(24-14-26(32(34,35)36)16-27(15-24)33(37,38)39)48-20-31(25-10-6-3-7-11-25)13-12-30(19-44,43-21-40-41-28(43)45)18-42(31)29(46)47-17-23-8-4-2-5-9-23/h2-11,14-16,21-22,44H,12-13,17-20H2,1H3,(H,41,45);2-11,14-16,19,21-22H,12-13,17-18,20H2,1H3,(H,41,45)/t2*22-,30+,31-/m11/s1. The number of nitrogens with zero attached hydrogens (tertiary/aromatic N) is 6. The third-order valence-corrected chi connectivity index (χ3v) is 17.3. The zero-order chi connectivity index (χ0) is 69.5. The summed E-state index contributed by atoms with van der Waals surface area (Å²) in [5.74, 6) is 0. The summed E-state index contributed by atoms with van der Waals surface area (Å²) in [4.78, 5) is 68.6. The first-order valence-electron chi connectivity index (χ1n) is 29.6. The summed E-state index contributed by atoms with van der Waals surface area (Å²) < 4.78 is 189. The van der Waals surface area contributed by atoms with Crippen LogP contribution in [0.4, 0.5) is 62.3 Å². The molecule has 510 valence electrons. The second-order valence-electron chi connectivity index (χ2n) is 23.3. The largest absolute Gasteiger partial charge is 0.445 e. The number of hydrogen-bond acceptors (Lipinski definition) is 12. The zero-order valence-electron chi connectivity index (χ0n) is 51.0. The fraction of sp³-hybridized carbons (Fsp3) is 0.348. The van der Waals surface area contributed by atoms with Gasteiger partial charge in [-0.3, -0.25) is 18.9 Å². The molecule has 8 aromatic rings. The van der Waals surface area contributed by atoms with Crippen LogP contribution in [0.25, 0.3) is 0 Å². The number of likely N-dealkylation sites (tertiary alicyclic amines) is 2. The first kappa shape index (κ1) is 70.8. The van der Waals surface area contributed by atoms with Crippen LogP contribution < -0.4 is 11.4 Å². The topological polar surface area (TPSA) is 216 Å². The smallest absolute Gasteiger partial charge is 0.416 e. The van der Waals surface area contributed by atoms with Crippen LogP contribution in [0.5, 0.6) is 0 Å². The van der Waals surface area contributed by atoms with Crippen molar-refractivity contribution in [1.82, 2.24) is 39.3 Å². The van der Waals surface area contributed by atoms with Crippen LogP contribution in [0.1, 0.15) is 107 Å². The molecule has 18 nitrogen and oxygen atoms in total. The predicted octanol–water partition coefficient (Wildman–Crippen LogP) is 13.0. The van der Waals surface area contributed by atoms with Gasteiger partial charge in [-0.25, -0.2) is 29.4 Å². The summed E-state index contributed by atoms with van der Waals surface area (Å²) in [6.45, 7) is 0.227. The average Bonchev–Trinajstić information content (AvgIpc) is 1.01. The number of aliphatic hydroxyl groups is 1. The van der Waals surface area contributed by atoms with Crippen molar-refractivity contribution in [1.29, 1.82) is 0 Å². The Morgan fingerprint density at radius 3 is 1.22 bits per heavy atom. The van der Waals surface area contributed by atoms with E-state index in [4.69, 9.17) is 18.9 Å². The molecule has 0 spiro atoms. The number of piperidine rings is 2. The maximum Gasteiger partial charge on any atom is 0.416 e. The summed E-state index contributed by atoms with van der Waals surface area (Å²) in [6.07, 6.45) is -21.7. The quantitative estimate of drug-likeness (QED) is 0.0540. The number of H-pyrrole nitrogens is 2. The number of aromatic nitrogens is 6. The SMILES string of the molecule is C[C@@H](OC[C@@]1(c2ccccc2)CC[C@](C=O)(n2cn[nH]c2=O)CN1C(=O)OCc1ccccc1)c1cc(C(F)(F)F)cc(C(F)(F)F)c1.C[C@@H](OC[C@@]1(c2ccccc2)CC[C@](CO)(n2cn[nH]c2=O)CN1C(=O)OCc1ccccc1)c1cc(C(F)(F)F)cc(C(F)(F)F)c1. The summed E-state index contributed by atoms with van der Waals surface area (Å²) in [5.41, 5.74) is -11.5. The lowest BCUT2D eigenvalue weighted by atomic mass is 9.74. The van der Waals surface area contributed by atoms with Crippen LogP contribution in [0.15, 0.2) is 180 Å². The van der Waals surface area contributed by atoms with E-state index in [9.17, 15) is 81.8 Å². The Labute approximate surface area is 539 Å². The third kappa shape index (κ3) is 15.6. The number of halogens is 12. The van der Waals surface area contributed by atoms with E-state index in [-0.39, 0.29) is 68.7 Å². The van der Waals surface area contributed by atoms with Gasteiger partial charge in [0.15, 0.2) is 0 Å². The summed E-state index contributed by atoms with van der Waals surface area (Å²) >= 11 is 0. The average molecular weight is 1360 g/mol. The van der Waals surface area contributed by atoms with Crippen LogP contribution in [0.2, 0.25) is 0 Å². The number of aromatic amines is 2. The molecule has 0 radical (unpaired) electrons. The zero-order valence-corrected chi connectivity index (χ0v) is 51.0. The van der Waals surface area contributed by atoms with Gasteiger partial charge in [0.05, 0.1) is 84.0 Å². The molecule has 0 saturated carbocycles. The van der Waals surface area contributed by atoms with Crippen molar-refractivity contribution in [3.05, 3.63) is 247 Å². The molecule has 2 aliphatic heterocycles. The monoisotopic (exact) mass is 1350 g/mol. The van der Waals surface area contributed by atoms with Crippen molar-refractivity contribution in [2.45, 2.75) is 112 Å². The lowest BCUT2D eigenvalue weighted by Crippen LogP contribution is -2.64. The number of ether oxygens (including phenoxy) is 4. The van der Waals surface area contributed by atoms with Crippen molar-refractivity contribution >= 4 is 18.5 Å². The van der Waals surface area contributed by atoms with Crippen LogP contribution in [0.3, 0.4) is 0 Å². The highest BCUT2D eigenvalue weighted by atomic mass is 19.4. The van der Waals surface area contributed by atoms with Gasteiger partial charge < -0.3 is 28.8 Å². The minimum Gasteiger partial charge on any atom is -0.445 e. The maximum absolute atomic E-state index is 14.0. The number of aldehydes is 1. The lowest BCUT2D eigenvalue weighted by Gasteiger charge is -2.53. The number of aliphatic hydroxyl groups excluding tert-OH is 1. The molecule has 0 unspecified atom stereocenters. The van der Waals surface area contributed by atoms with Gasteiger partial charge in [0, 0.05) is 0 Å². The lowest BCUT2D eigenvalue weighted by molar-refractivity contribution is -0.145. The second-order valence-corrected chi connectivity index (χ2v) is 23.3. The molecule has 2 aliphatic rings. The molecular formula is C66H62F12N8O10. The normalized spacial score (nSPS) is 20.7. The van der Waals surface area contributed by atoms with Gasteiger partial charge in [-0.05, 0) is 109 Å². The Kier molecular flexibility index (Phi) is 20.9. The van der Waals surface area contributed by atoms with Crippen molar-refractivity contribution in [3.8, 4) is 0 Å². The molecular weight excluding hydrogens is 1290 g/mol. The molecule has 2 saturated heterocycles. The van der Waals surface area contributed by atoms with E-state index in [2.05, 4.69) is 20.4 Å². The van der Waals surface area contributed by atoms with E-state index >= 15 is 0 Å². The summed E-state index contributed by atoms with van der Waals surface area (Å²) in [6, 6.07) is 36.9. The minimum atomic E-state index is -5.06. The molecule has 2 aromatic heterocycles. The predicted molar refractivity (Wildman–Crippen MR) is 318 cm³/mol. The summed E-state index contributed by atoms with van der Waals surface area (Å²) in [7, 11) is 0. The third-order valence-electron chi connectivity index (χ3n) is 17.3. The van der Waals surface area contributed by atoms with Gasteiger partial charge in [-0.1, -0.05) is 121 Å². The van der Waals surface area contributed by atoms with E-state index in [0.29, 0.717) is 52.8 Å². The van der Waals surface area contributed by atoms with Crippen LogP contribution >= 0.6 is 0 Å². The van der Waals surface area contributed by atoms with Gasteiger partial charge in [-0.15, -0.1) is 0 Å². The van der Waals surface area contributed by atoms with Crippen molar-refractivity contribution in [3.63, 3.8) is 0 Å². The highest BCUT2D eigenvalue weighted by Gasteiger charge is 2.55. The number of amides is 2. The number of hydrogen-bond donors (Lipinski definition) is 3. The van der Waals surface area contributed by atoms with Crippen LogP contribution in [-0.2, 0) is 83.8 Å². The molecule has 6 atom stereocenters. The van der Waals surface area contributed by atoms with Gasteiger partial charge >= 0.3 is 48.3 Å². The molecule has 4 heterocycles. The molecule has 10 rings (SSSR count). The molecule has 6 aromatic carbocycles. The Hall–Kier alpha value is -9.55. The Morgan fingerprint density at radius 2 is 0.875 bits per heavy atom. The van der Waals surface area contributed by atoms with Gasteiger partial charge in [0.25, 0.3) is 0 Å². The number of carbonyl (C=O) groups excluding carboxylic acids is 3. The van der Waals surface area contributed by atoms with E-state index in [1.54, 1.807) is 121 Å². The maximum atomic E-state index is 14.0. The number of rotatable bonds is 18. The number of carbonyl (C=O) groups is 3. The fourth-order valence-corrected chi connectivity index (χ4v) is 11.8. The van der Waals surface area contributed by atoms with E-state index < -0.39 is 131 Å². The Balaban J connectivity index is 0.000000225. The molecule has 2 fully saturated rings. The molecule has 30 heteroatoms. The fourth-order valence-electron chi connectivity index (χ4n) is 11.8. The number of nitrogens with one attached hydrogen (secondary N) is 2. The van der Waals surface area contributed by atoms with Crippen molar-refractivity contribution < 1.29 is 91.1 Å². The molecule has 96 heavy (non-hydrogen) atoms. The van der Waals surface area contributed by atoms with E-state index in [1.807, 2.05) is 0 Å². The van der Waals surface area contributed by atoms with Crippen molar-refractivity contribution in [2.24, 2.45) is 0 Å². The first-order valence-corrected chi connectivity index (χ1v) is 29.6. The second kappa shape index (κ2) is 28.4. The molecule has 0 aliphatic carbocycles. The van der Waals surface area contributed by atoms with Gasteiger partial charge in [-0.2, -0.15) is 62.9 Å². The molecule has 0 bridgehead atoms. The number of benzene rings is 6. The van der Waals surface area contributed by atoms with Gasteiger partial charge in [0.1, 0.15) is 37.7 Å². The number of alkyl halides is 12.